The summed E-state index contributed by atoms with van der Waals surface area (Å²) in [6, 6.07) is 19.2. The van der Waals surface area contributed by atoms with Crippen LogP contribution >= 0.6 is 0 Å². The predicted molar refractivity (Wildman–Crippen MR) is 213 cm³/mol. The first-order valence-corrected chi connectivity index (χ1v) is 20.5. The van der Waals surface area contributed by atoms with E-state index in [-0.39, 0.29) is 30.8 Å². The minimum atomic E-state index is -0.957. The van der Waals surface area contributed by atoms with E-state index in [2.05, 4.69) is 69.8 Å². The van der Waals surface area contributed by atoms with Crippen LogP contribution in [0.5, 0.6) is 11.5 Å². The van der Waals surface area contributed by atoms with Crippen LogP contribution in [0.3, 0.4) is 0 Å². The Kier molecular flexibility index (Phi) is 10.00. The Balaban J connectivity index is 0.760. The van der Waals surface area contributed by atoms with Gasteiger partial charge >= 0.3 is 0 Å². The van der Waals surface area contributed by atoms with Crippen molar-refractivity contribution in [3.8, 4) is 11.5 Å². The lowest BCUT2D eigenvalue weighted by molar-refractivity contribution is -0.136. The number of carbonyl (C=O) groups is 4. The molecule has 0 aromatic heterocycles. The zero-order valence-corrected chi connectivity index (χ0v) is 31.8. The second-order valence-corrected chi connectivity index (χ2v) is 16.6. The molecule has 2 aliphatic carbocycles. The smallest absolute Gasteiger partial charge is 0.262 e. The molecular weight excluding hydrogens is 705 g/mol. The number of phenolic OH excluding ortho intramolecular Hbond substituents is 1. The minimum absolute atomic E-state index is 0.105. The van der Waals surface area contributed by atoms with Crippen LogP contribution in [0.25, 0.3) is 0 Å². The second kappa shape index (κ2) is 15.4. The summed E-state index contributed by atoms with van der Waals surface area (Å²) in [6.07, 6.45) is 16.7. The molecule has 4 amide bonds. The molecule has 10 heteroatoms. The number of aromatic hydroxyl groups is 1. The molecule has 3 aromatic rings. The van der Waals surface area contributed by atoms with E-state index in [9.17, 15) is 24.3 Å². The molecule has 3 aromatic carbocycles. The number of benzene rings is 3. The van der Waals surface area contributed by atoms with Crippen molar-refractivity contribution in [2.75, 3.05) is 37.6 Å². The molecule has 290 valence electrons. The number of hydrogen-bond acceptors (Lipinski definition) is 8. The molecule has 0 spiro atoms. The second-order valence-electron chi connectivity index (χ2n) is 16.6. The van der Waals surface area contributed by atoms with Crippen molar-refractivity contribution in [3.63, 3.8) is 0 Å². The molecule has 2 N–H and O–H groups in total. The Labute approximate surface area is 328 Å². The number of fused-ring (bicyclic) bond motifs is 2. The fourth-order valence-electron chi connectivity index (χ4n) is 10.2. The first-order chi connectivity index (χ1) is 27.3. The van der Waals surface area contributed by atoms with Gasteiger partial charge in [0.05, 0.1) is 11.1 Å². The van der Waals surface area contributed by atoms with Crippen molar-refractivity contribution in [1.29, 1.82) is 0 Å². The van der Waals surface area contributed by atoms with Gasteiger partial charge in [0.2, 0.25) is 11.8 Å². The number of nitrogens with zero attached hydrogens (tertiary/aromatic N) is 3. The number of piperidine rings is 3. The van der Waals surface area contributed by atoms with Crippen LogP contribution in [-0.4, -0.2) is 83.4 Å². The first kappa shape index (κ1) is 36.4. The van der Waals surface area contributed by atoms with E-state index in [1.807, 2.05) is 18.2 Å². The average molecular weight is 755 g/mol. The number of ether oxygens (including phenoxy) is 1. The van der Waals surface area contributed by atoms with Crippen LogP contribution in [-0.2, 0) is 16.0 Å². The molecule has 0 bridgehead atoms. The lowest BCUT2D eigenvalue weighted by atomic mass is 9.66. The summed E-state index contributed by atoms with van der Waals surface area (Å²) in [5.41, 5.74) is 5.48. The number of likely N-dealkylation sites (tertiary alicyclic amines) is 1. The maximum absolute atomic E-state index is 13.3. The Morgan fingerprint density at radius 2 is 1.55 bits per heavy atom. The molecule has 4 heterocycles. The molecule has 4 atom stereocenters. The molecule has 0 saturated carbocycles. The largest absolute Gasteiger partial charge is 0.508 e. The first-order valence-electron chi connectivity index (χ1n) is 20.5. The van der Waals surface area contributed by atoms with Crippen molar-refractivity contribution in [3.05, 3.63) is 113 Å². The molecule has 6 aliphatic rings. The van der Waals surface area contributed by atoms with Gasteiger partial charge in [0.25, 0.3) is 11.8 Å². The van der Waals surface area contributed by atoms with Crippen molar-refractivity contribution in [1.82, 2.24) is 15.1 Å². The zero-order chi connectivity index (χ0) is 38.3. The Morgan fingerprint density at radius 1 is 0.768 bits per heavy atom. The molecule has 3 fully saturated rings. The van der Waals surface area contributed by atoms with E-state index in [4.69, 9.17) is 4.74 Å². The zero-order valence-electron chi connectivity index (χ0n) is 31.8. The van der Waals surface area contributed by atoms with Crippen molar-refractivity contribution < 1.29 is 29.0 Å². The lowest BCUT2D eigenvalue weighted by Crippen LogP contribution is -2.54. The summed E-state index contributed by atoms with van der Waals surface area (Å²) in [4.78, 5) is 56.5. The normalized spacial score (nSPS) is 26.0. The molecule has 9 rings (SSSR count). The van der Waals surface area contributed by atoms with Crippen molar-refractivity contribution in [2.24, 2.45) is 17.8 Å². The van der Waals surface area contributed by atoms with Crippen LogP contribution in [0.4, 0.5) is 5.69 Å². The van der Waals surface area contributed by atoms with Crippen LogP contribution < -0.4 is 15.0 Å². The molecule has 2 unspecified atom stereocenters. The van der Waals surface area contributed by atoms with Gasteiger partial charge in [0, 0.05) is 50.7 Å². The third kappa shape index (κ3) is 7.15. The maximum Gasteiger partial charge on any atom is 0.262 e. The number of anilines is 1. The number of hydrogen-bond donors (Lipinski definition) is 2. The van der Waals surface area contributed by atoms with Crippen LogP contribution in [0.15, 0.2) is 85.0 Å². The molecular formula is C46H50N4O6. The Hall–Kier alpha value is -5.22. The highest BCUT2D eigenvalue weighted by Gasteiger charge is 2.45. The van der Waals surface area contributed by atoms with Gasteiger partial charge in [-0.15, -0.1) is 0 Å². The van der Waals surface area contributed by atoms with E-state index in [0.29, 0.717) is 34.6 Å². The van der Waals surface area contributed by atoms with Gasteiger partial charge in [0.15, 0.2) is 0 Å². The molecule has 4 aliphatic heterocycles. The van der Waals surface area contributed by atoms with Crippen LogP contribution in [0.1, 0.15) is 94.7 Å². The number of aryl methyl sites for hydroxylation is 1. The van der Waals surface area contributed by atoms with Crippen molar-refractivity contribution in [2.45, 2.75) is 75.9 Å². The third-order valence-corrected chi connectivity index (χ3v) is 13.2. The van der Waals surface area contributed by atoms with E-state index in [0.717, 1.165) is 94.0 Å². The number of amides is 4. The summed E-state index contributed by atoms with van der Waals surface area (Å²) in [5.74, 6) is 1.25. The summed E-state index contributed by atoms with van der Waals surface area (Å²) in [7, 11) is 0. The van der Waals surface area contributed by atoms with Gasteiger partial charge < -0.3 is 19.6 Å². The number of rotatable bonds is 8. The van der Waals surface area contributed by atoms with E-state index >= 15 is 0 Å². The highest BCUT2D eigenvalue weighted by atomic mass is 16.5. The molecule has 10 nitrogen and oxygen atoms in total. The molecule has 3 saturated heterocycles. The maximum atomic E-state index is 13.3. The Morgan fingerprint density at radius 3 is 2.30 bits per heavy atom. The summed E-state index contributed by atoms with van der Waals surface area (Å²) in [5, 5.41) is 12.5. The van der Waals surface area contributed by atoms with Crippen LogP contribution in [0, 0.1) is 17.8 Å². The number of carbonyl (C=O) groups excluding carboxylic acids is 4. The molecule has 0 radical (unpaired) electrons. The van der Waals surface area contributed by atoms with Gasteiger partial charge in [-0.05, 0) is 128 Å². The van der Waals surface area contributed by atoms with Gasteiger partial charge in [-0.1, -0.05) is 42.5 Å². The van der Waals surface area contributed by atoms with E-state index in [1.54, 1.807) is 12.1 Å². The quantitative estimate of drug-likeness (QED) is 0.255. The summed E-state index contributed by atoms with van der Waals surface area (Å²) in [6.45, 7) is 4.86. The SMILES string of the molecule is O=C1CCC(N2C(=O)c3ccc(N4CCC(CN5CCC(Oc6ccc([C@@H]7c8ccc(O)cc8CC[C@@H]7C7C=CC=CC7)cc6)CC5)CC4)cc3C2=O)C(=O)N1. The Bertz CT molecular complexity index is 2080. The molecule has 56 heavy (non-hydrogen) atoms. The van der Waals surface area contributed by atoms with Gasteiger partial charge in [-0.3, -0.25) is 29.4 Å². The number of nitrogens with one attached hydrogen (secondary N) is 1. The number of imide groups is 2. The highest BCUT2D eigenvalue weighted by molar-refractivity contribution is 6.23. The highest BCUT2D eigenvalue weighted by Crippen LogP contribution is 2.47. The topological polar surface area (TPSA) is 119 Å². The van der Waals surface area contributed by atoms with Crippen LogP contribution in [0.2, 0.25) is 0 Å². The van der Waals surface area contributed by atoms with Crippen molar-refractivity contribution >= 4 is 29.3 Å². The van der Waals surface area contributed by atoms with Gasteiger partial charge in [-0.2, -0.15) is 0 Å². The lowest BCUT2D eigenvalue weighted by Gasteiger charge is -2.39. The fourth-order valence-corrected chi connectivity index (χ4v) is 10.2. The standard InChI is InChI=1S/C46H50N4O6/c51-34-10-15-38-32(26-34)8-13-37(30-4-2-1-3-5-30)43(38)31-6-11-35(12-7-31)56-36-20-22-48(23-21-36)28-29-18-24-49(25-19-29)33-9-14-39-40(27-33)46(55)50(45(39)54)41-16-17-42(52)47-44(41)53/h1-4,6-7,9-12,14-15,26-27,29-30,36-37,41,43,51H,5,8,13,16-25,28H2,(H,47,52,53)/t30?,37-,41?,43+/m1/s1. The number of phenols is 1. The predicted octanol–water partition coefficient (Wildman–Crippen LogP) is 6.38. The third-order valence-electron chi connectivity index (χ3n) is 13.2. The van der Waals surface area contributed by atoms with E-state index < -0.39 is 23.8 Å². The van der Waals surface area contributed by atoms with E-state index in [1.165, 1.54) is 16.7 Å². The minimum Gasteiger partial charge on any atom is -0.508 e. The van der Waals surface area contributed by atoms with Gasteiger partial charge in [0.1, 0.15) is 23.6 Å². The van der Waals surface area contributed by atoms with Gasteiger partial charge in [-0.25, -0.2) is 0 Å². The summed E-state index contributed by atoms with van der Waals surface area (Å²) >= 11 is 0. The average Bonchev–Trinajstić information content (AvgIpc) is 3.47. The monoisotopic (exact) mass is 754 g/mol. The fraction of sp³-hybridized carbons (Fsp3) is 0.435. The number of allylic oxidation sites excluding steroid dienone is 4. The summed E-state index contributed by atoms with van der Waals surface area (Å²) < 4.78 is 6.56.